The zero-order valence-electron chi connectivity index (χ0n) is 18.9. The van der Waals surface area contributed by atoms with Gasteiger partial charge in [-0.2, -0.15) is 0 Å². The predicted molar refractivity (Wildman–Crippen MR) is 121 cm³/mol. The molecule has 3 heterocycles. The first-order valence-electron chi connectivity index (χ1n) is 11.2. The highest BCUT2D eigenvalue weighted by Gasteiger charge is 2.31. The Morgan fingerprint density at radius 2 is 2.00 bits per heavy atom. The number of carbonyl (C=O) groups is 2. The zero-order chi connectivity index (χ0) is 23.2. The van der Waals surface area contributed by atoms with Gasteiger partial charge in [-0.15, -0.1) is 0 Å². The molecule has 1 aliphatic rings. The molecule has 0 radical (unpaired) electrons. The third kappa shape index (κ3) is 5.42. The molecular weight excluding hydrogens is 422 g/mol. The van der Waals surface area contributed by atoms with Gasteiger partial charge in [-0.3, -0.25) is 9.59 Å². The molecule has 1 atom stereocenters. The molecule has 174 valence electrons. The van der Waals surface area contributed by atoms with Crippen LogP contribution in [0.15, 0.2) is 47.3 Å². The lowest BCUT2D eigenvalue weighted by Crippen LogP contribution is -2.50. The molecule has 3 aromatic rings. The third-order valence-electron chi connectivity index (χ3n) is 6.04. The normalized spacial score (nSPS) is 15.1. The highest BCUT2D eigenvalue weighted by Crippen LogP contribution is 2.27. The Kier molecular flexibility index (Phi) is 7.07. The Morgan fingerprint density at radius 3 is 2.67 bits per heavy atom. The minimum absolute atomic E-state index is 0.136. The quantitative estimate of drug-likeness (QED) is 0.544. The molecule has 1 aliphatic carbocycles. The summed E-state index contributed by atoms with van der Waals surface area (Å²) in [6.07, 6.45) is 10.4. The molecule has 1 fully saturated rings. The van der Waals surface area contributed by atoms with Crippen molar-refractivity contribution in [3.63, 3.8) is 0 Å². The molecule has 0 unspecified atom stereocenters. The third-order valence-corrected chi connectivity index (χ3v) is 6.04. The van der Waals surface area contributed by atoms with Gasteiger partial charge in [0.25, 0.3) is 5.91 Å². The summed E-state index contributed by atoms with van der Waals surface area (Å²) < 4.78 is 13.4. The van der Waals surface area contributed by atoms with Crippen molar-refractivity contribution in [2.24, 2.45) is 13.0 Å². The summed E-state index contributed by atoms with van der Waals surface area (Å²) in [5.41, 5.74) is 0.577. The van der Waals surface area contributed by atoms with Crippen molar-refractivity contribution in [3.8, 4) is 17.2 Å². The number of hydrogen-bond donors (Lipinski definition) is 2. The van der Waals surface area contributed by atoms with E-state index in [1.54, 1.807) is 43.7 Å². The summed E-state index contributed by atoms with van der Waals surface area (Å²) in [5.74, 6) is 1.57. The number of furan rings is 1. The first-order valence-corrected chi connectivity index (χ1v) is 11.2. The van der Waals surface area contributed by atoms with E-state index in [4.69, 9.17) is 9.15 Å². The summed E-state index contributed by atoms with van der Waals surface area (Å²) in [7, 11) is 3.49. The van der Waals surface area contributed by atoms with Gasteiger partial charge >= 0.3 is 0 Å². The van der Waals surface area contributed by atoms with Crippen LogP contribution in [-0.4, -0.2) is 39.4 Å². The minimum atomic E-state index is -0.565. The van der Waals surface area contributed by atoms with Crippen molar-refractivity contribution in [2.45, 2.75) is 44.8 Å². The highest BCUT2D eigenvalue weighted by molar-refractivity contribution is 5.96. The molecule has 1 saturated carbocycles. The number of aryl methyl sites for hydroxylation is 1. The van der Waals surface area contributed by atoms with E-state index in [-0.39, 0.29) is 17.6 Å². The number of ether oxygens (including phenoxy) is 1. The van der Waals surface area contributed by atoms with E-state index in [1.165, 1.54) is 6.42 Å². The second-order valence-electron chi connectivity index (χ2n) is 8.25. The molecule has 9 nitrogen and oxygen atoms in total. The summed E-state index contributed by atoms with van der Waals surface area (Å²) in [4.78, 5) is 33.8. The average Bonchev–Trinajstić information content (AvgIpc) is 3.51. The molecule has 2 N–H and O–H groups in total. The lowest BCUT2D eigenvalue weighted by molar-refractivity contribution is -0.124. The maximum atomic E-state index is 12.8. The number of hydrogen-bond acceptors (Lipinski definition) is 6. The number of nitrogens with one attached hydrogen (secondary N) is 2. The fraction of sp³-hybridized carbons (Fsp3) is 0.417. The van der Waals surface area contributed by atoms with E-state index >= 15 is 0 Å². The van der Waals surface area contributed by atoms with E-state index < -0.39 is 11.9 Å². The van der Waals surface area contributed by atoms with Gasteiger partial charge < -0.3 is 24.4 Å². The van der Waals surface area contributed by atoms with E-state index in [0.717, 1.165) is 31.5 Å². The number of nitrogens with zero attached hydrogens (tertiary/aromatic N) is 3. The Hall–Kier alpha value is -3.62. The summed E-state index contributed by atoms with van der Waals surface area (Å²) >= 11 is 0. The Labute approximate surface area is 192 Å². The van der Waals surface area contributed by atoms with Gasteiger partial charge in [0.15, 0.2) is 11.5 Å². The Balaban J connectivity index is 1.39. The summed E-state index contributed by atoms with van der Waals surface area (Å²) in [5, 5.41) is 5.54. The Bertz CT molecular complexity index is 1080. The number of amides is 2. The number of likely N-dealkylation sites (N-methyl/N-ethyl adjacent to an activating group) is 1. The maximum Gasteiger partial charge on any atom is 0.287 e. The number of aromatic nitrogens is 3. The van der Waals surface area contributed by atoms with E-state index in [0.29, 0.717) is 23.8 Å². The molecule has 0 aromatic carbocycles. The van der Waals surface area contributed by atoms with Crippen LogP contribution in [0.3, 0.4) is 0 Å². The van der Waals surface area contributed by atoms with Crippen molar-refractivity contribution in [2.75, 3.05) is 7.05 Å². The van der Waals surface area contributed by atoms with E-state index in [9.17, 15) is 9.59 Å². The van der Waals surface area contributed by atoms with Gasteiger partial charge in [0.1, 0.15) is 29.9 Å². The smallest absolute Gasteiger partial charge is 0.287 e. The number of pyridine rings is 1. The molecule has 0 aliphatic heterocycles. The number of imidazole rings is 1. The van der Waals surface area contributed by atoms with Crippen LogP contribution in [0.2, 0.25) is 0 Å². The van der Waals surface area contributed by atoms with Crippen molar-refractivity contribution >= 4 is 11.8 Å². The van der Waals surface area contributed by atoms with Crippen LogP contribution < -0.4 is 15.4 Å². The number of carbonyl (C=O) groups excluding carboxylic acids is 2. The second-order valence-corrected chi connectivity index (χ2v) is 8.25. The van der Waals surface area contributed by atoms with Crippen LogP contribution in [0, 0.1) is 5.92 Å². The van der Waals surface area contributed by atoms with Gasteiger partial charge in [0, 0.05) is 26.5 Å². The maximum absolute atomic E-state index is 12.8. The molecule has 0 bridgehead atoms. The molecule has 33 heavy (non-hydrogen) atoms. The monoisotopic (exact) mass is 451 g/mol. The van der Waals surface area contributed by atoms with Gasteiger partial charge in [-0.25, -0.2) is 9.97 Å². The zero-order valence-corrected chi connectivity index (χ0v) is 18.9. The van der Waals surface area contributed by atoms with Gasteiger partial charge in [-0.05, 0) is 43.0 Å². The largest absolute Gasteiger partial charge is 0.484 e. The van der Waals surface area contributed by atoms with Crippen LogP contribution in [0.4, 0.5) is 0 Å². The van der Waals surface area contributed by atoms with Crippen molar-refractivity contribution in [1.82, 2.24) is 25.2 Å². The van der Waals surface area contributed by atoms with Crippen molar-refractivity contribution in [1.29, 1.82) is 0 Å². The molecular formula is C24H29N5O4. The topological polar surface area (TPSA) is 111 Å². The molecule has 0 spiro atoms. The first-order chi connectivity index (χ1) is 16.0. The van der Waals surface area contributed by atoms with Crippen molar-refractivity contribution < 1.29 is 18.7 Å². The number of rotatable bonds is 8. The van der Waals surface area contributed by atoms with Crippen LogP contribution in [0.5, 0.6) is 5.75 Å². The first kappa shape index (κ1) is 22.6. The lowest BCUT2D eigenvalue weighted by atomic mass is 9.83. The van der Waals surface area contributed by atoms with Crippen LogP contribution in [0.25, 0.3) is 11.5 Å². The van der Waals surface area contributed by atoms with Gasteiger partial charge in [0.2, 0.25) is 5.91 Å². The van der Waals surface area contributed by atoms with Gasteiger partial charge in [0.05, 0.1) is 6.20 Å². The predicted octanol–water partition coefficient (Wildman–Crippen LogP) is 3.08. The van der Waals surface area contributed by atoms with Crippen LogP contribution >= 0.6 is 0 Å². The van der Waals surface area contributed by atoms with Crippen LogP contribution in [0.1, 0.15) is 48.5 Å². The SMILES string of the molecule is CNC(=O)[C@@H](NC(=O)c1ccc(-c2ccc(OCc3nccn3C)cn2)o1)C1CCCCC1. The van der Waals surface area contributed by atoms with E-state index in [2.05, 4.69) is 20.6 Å². The second kappa shape index (κ2) is 10.3. The minimum Gasteiger partial charge on any atom is -0.484 e. The summed E-state index contributed by atoms with van der Waals surface area (Å²) in [6.45, 7) is 0.336. The van der Waals surface area contributed by atoms with Gasteiger partial charge in [-0.1, -0.05) is 19.3 Å². The highest BCUT2D eigenvalue weighted by atomic mass is 16.5. The molecule has 2 amide bonds. The average molecular weight is 452 g/mol. The standard InChI is InChI=1S/C24H29N5O4/c1-25-24(31)22(16-6-4-3-5-7-16)28-23(30)20-11-10-19(33-20)18-9-8-17(14-27-18)32-15-21-26-12-13-29(21)2/h8-14,16,22H,3-7,15H2,1-2H3,(H,25,31)(H,28,30)/t22-/m0/s1. The van der Waals surface area contributed by atoms with E-state index in [1.807, 2.05) is 17.8 Å². The molecule has 9 heteroatoms. The summed E-state index contributed by atoms with van der Waals surface area (Å²) in [6, 6.07) is 6.28. The molecule has 0 saturated heterocycles. The van der Waals surface area contributed by atoms with Crippen molar-refractivity contribution in [3.05, 3.63) is 54.4 Å². The molecule has 3 aromatic heterocycles. The lowest BCUT2D eigenvalue weighted by Gasteiger charge is -2.29. The fourth-order valence-corrected chi connectivity index (χ4v) is 4.13. The van der Waals surface area contributed by atoms with Crippen LogP contribution in [-0.2, 0) is 18.4 Å². The Morgan fingerprint density at radius 1 is 1.18 bits per heavy atom. The fourth-order valence-electron chi connectivity index (χ4n) is 4.13. The molecule has 4 rings (SSSR count).